The number of aliphatic hydroxyl groups is 1. The van der Waals surface area contributed by atoms with Gasteiger partial charge in [0.25, 0.3) is 0 Å². The average molecular weight is 322 g/mol. The molecule has 0 fully saturated rings. The van der Waals surface area contributed by atoms with Gasteiger partial charge in [-0.2, -0.15) is 0 Å². The Hall–Kier alpha value is -1.76. The second-order valence-electron chi connectivity index (χ2n) is 6.23. The normalized spacial score (nSPS) is 19.2. The van der Waals surface area contributed by atoms with Gasteiger partial charge in [0, 0.05) is 5.92 Å². The molecule has 0 aliphatic carbocycles. The van der Waals surface area contributed by atoms with Gasteiger partial charge in [0.2, 0.25) is 5.78 Å². The topological polar surface area (TPSA) is 127 Å². The minimum Gasteiger partial charge on any atom is -0.480 e. The van der Waals surface area contributed by atoms with Crippen LogP contribution in [0.15, 0.2) is 30.3 Å². The summed E-state index contributed by atoms with van der Waals surface area (Å²) in [5.74, 6) is -3.89. The lowest BCUT2D eigenvalue weighted by atomic mass is 9.73. The van der Waals surface area contributed by atoms with Crippen LogP contribution in [0.1, 0.15) is 32.8 Å². The molecule has 0 bridgehead atoms. The molecule has 128 valence electrons. The predicted molar refractivity (Wildman–Crippen MR) is 87.5 cm³/mol. The van der Waals surface area contributed by atoms with Crippen molar-refractivity contribution in [2.24, 2.45) is 23.3 Å². The van der Waals surface area contributed by atoms with Crippen LogP contribution in [0.3, 0.4) is 0 Å². The van der Waals surface area contributed by atoms with Crippen molar-refractivity contribution in [2.75, 3.05) is 0 Å². The Kier molecular flexibility index (Phi) is 6.04. The fourth-order valence-corrected chi connectivity index (χ4v) is 2.53. The molecule has 6 N–H and O–H groups in total. The van der Waals surface area contributed by atoms with Crippen molar-refractivity contribution in [3.05, 3.63) is 35.9 Å². The molecule has 1 aromatic rings. The smallest absolute Gasteiger partial charge is 0.331 e. The zero-order valence-electron chi connectivity index (χ0n) is 13.8. The molecule has 0 heterocycles. The SMILES string of the molecule is CC[C@H](C)[C@](N)(C(=O)O)C(=O)[C@](N)(O)C(C)Cc1ccccc1. The van der Waals surface area contributed by atoms with Gasteiger partial charge in [0.1, 0.15) is 0 Å². The zero-order chi connectivity index (χ0) is 17.8. The Morgan fingerprint density at radius 3 is 2.09 bits per heavy atom. The Balaban J connectivity index is 3.09. The Morgan fingerprint density at radius 2 is 1.65 bits per heavy atom. The molecule has 0 saturated heterocycles. The van der Waals surface area contributed by atoms with Crippen molar-refractivity contribution < 1.29 is 19.8 Å². The van der Waals surface area contributed by atoms with E-state index in [9.17, 15) is 19.8 Å². The first-order valence-electron chi connectivity index (χ1n) is 7.70. The molecule has 1 aromatic carbocycles. The monoisotopic (exact) mass is 322 g/mol. The van der Waals surface area contributed by atoms with Crippen LogP contribution in [0, 0.1) is 11.8 Å². The van der Waals surface area contributed by atoms with Gasteiger partial charge in [0.15, 0.2) is 11.3 Å². The van der Waals surface area contributed by atoms with Crippen LogP contribution in [0.5, 0.6) is 0 Å². The maximum absolute atomic E-state index is 12.7. The molecule has 1 unspecified atom stereocenters. The summed E-state index contributed by atoms with van der Waals surface area (Å²) < 4.78 is 0. The minimum atomic E-state index is -2.33. The van der Waals surface area contributed by atoms with Gasteiger partial charge in [-0.25, -0.2) is 4.79 Å². The first-order chi connectivity index (χ1) is 10.6. The van der Waals surface area contributed by atoms with E-state index in [2.05, 4.69) is 0 Å². The number of carboxylic acid groups (broad SMARTS) is 1. The highest BCUT2D eigenvalue weighted by molar-refractivity contribution is 6.11. The lowest BCUT2D eigenvalue weighted by molar-refractivity contribution is -0.162. The number of ketones is 1. The molecule has 0 amide bonds. The fourth-order valence-electron chi connectivity index (χ4n) is 2.53. The number of benzene rings is 1. The number of carbonyl (C=O) groups excluding carboxylic acids is 1. The second-order valence-corrected chi connectivity index (χ2v) is 6.23. The summed E-state index contributed by atoms with van der Waals surface area (Å²) in [5.41, 5.74) is 8.04. The first kappa shape index (κ1) is 19.3. The third-order valence-electron chi connectivity index (χ3n) is 4.62. The lowest BCUT2D eigenvalue weighted by Crippen LogP contribution is -2.70. The highest BCUT2D eigenvalue weighted by Crippen LogP contribution is 2.28. The molecule has 0 saturated carbocycles. The number of rotatable bonds is 8. The fraction of sp³-hybridized carbons (Fsp3) is 0.529. The van der Waals surface area contributed by atoms with E-state index in [-0.39, 0.29) is 0 Å². The highest BCUT2D eigenvalue weighted by Gasteiger charge is 2.55. The van der Waals surface area contributed by atoms with Gasteiger partial charge in [-0.3, -0.25) is 10.5 Å². The van der Waals surface area contributed by atoms with Crippen molar-refractivity contribution in [1.82, 2.24) is 0 Å². The van der Waals surface area contributed by atoms with Gasteiger partial charge in [-0.1, -0.05) is 57.5 Å². The molecule has 4 atom stereocenters. The van der Waals surface area contributed by atoms with Crippen LogP contribution in [0.25, 0.3) is 0 Å². The van der Waals surface area contributed by atoms with Crippen molar-refractivity contribution >= 4 is 11.8 Å². The molecule has 0 aliphatic heterocycles. The quantitative estimate of drug-likeness (QED) is 0.416. The lowest BCUT2D eigenvalue weighted by Gasteiger charge is -2.38. The second kappa shape index (κ2) is 7.21. The van der Waals surface area contributed by atoms with E-state index in [0.717, 1.165) is 5.56 Å². The third kappa shape index (κ3) is 3.77. The highest BCUT2D eigenvalue weighted by atomic mass is 16.4. The van der Waals surface area contributed by atoms with Crippen molar-refractivity contribution in [3.8, 4) is 0 Å². The largest absolute Gasteiger partial charge is 0.480 e. The summed E-state index contributed by atoms with van der Waals surface area (Å²) in [7, 11) is 0. The molecule has 23 heavy (non-hydrogen) atoms. The van der Waals surface area contributed by atoms with Crippen LogP contribution in [0.4, 0.5) is 0 Å². The average Bonchev–Trinajstić information content (AvgIpc) is 2.53. The van der Waals surface area contributed by atoms with Crippen LogP contribution in [-0.4, -0.2) is 33.2 Å². The molecule has 0 aromatic heterocycles. The van der Waals surface area contributed by atoms with Gasteiger partial charge in [-0.05, 0) is 17.9 Å². The molecule has 0 aliphatic rings. The van der Waals surface area contributed by atoms with E-state index in [1.54, 1.807) is 20.8 Å². The molecule has 0 spiro atoms. The van der Waals surface area contributed by atoms with Crippen LogP contribution in [0.2, 0.25) is 0 Å². The number of aliphatic carboxylic acids is 1. The van der Waals surface area contributed by atoms with E-state index in [1.165, 1.54) is 0 Å². The van der Waals surface area contributed by atoms with E-state index in [0.29, 0.717) is 12.8 Å². The summed E-state index contributed by atoms with van der Waals surface area (Å²) in [6.07, 6.45) is 0.702. The number of carbonyl (C=O) groups is 2. The predicted octanol–water partition coefficient (Wildman–Crippen LogP) is 0.910. The molecule has 0 radical (unpaired) electrons. The van der Waals surface area contributed by atoms with Gasteiger partial charge >= 0.3 is 5.97 Å². The summed E-state index contributed by atoms with van der Waals surface area (Å²) in [5, 5.41) is 20.0. The van der Waals surface area contributed by atoms with Gasteiger partial charge in [-0.15, -0.1) is 0 Å². The Labute approximate surface area is 136 Å². The Bertz CT molecular complexity index is 559. The number of hydrogen-bond acceptors (Lipinski definition) is 5. The van der Waals surface area contributed by atoms with E-state index < -0.39 is 34.9 Å². The van der Waals surface area contributed by atoms with Crippen LogP contribution >= 0.6 is 0 Å². The summed E-state index contributed by atoms with van der Waals surface area (Å²) in [6, 6.07) is 9.22. The van der Waals surface area contributed by atoms with Crippen LogP contribution in [-0.2, 0) is 16.0 Å². The summed E-state index contributed by atoms with van der Waals surface area (Å²) >= 11 is 0. The maximum atomic E-state index is 12.7. The molecule has 6 heteroatoms. The standard InChI is InChI=1S/C17H26N2O4/c1-4-11(2)16(18,15(21)22)14(20)17(19,23)12(3)10-13-8-6-5-7-9-13/h5-9,11-12,23H,4,10,18-19H2,1-3H3,(H,21,22)/t11-,12?,16+,17+/m0/s1. The molecule has 1 rings (SSSR count). The number of carboxylic acids is 1. The van der Waals surface area contributed by atoms with Crippen LogP contribution < -0.4 is 11.5 Å². The van der Waals surface area contributed by atoms with Gasteiger partial charge in [0.05, 0.1) is 0 Å². The summed E-state index contributed by atoms with van der Waals surface area (Å²) in [4.78, 5) is 24.3. The molecular weight excluding hydrogens is 296 g/mol. The van der Waals surface area contributed by atoms with Crippen molar-refractivity contribution in [1.29, 1.82) is 0 Å². The van der Waals surface area contributed by atoms with E-state index >= 15 is 0 Å². The third-order valence-corrected chi connectivity index (χ3v) is 4.62. The molecular formula is C17H26N2O4. The van der Waals surface area contributed by atoms with E-state index in [1.807, 2.05) is 30.3 Å². The van der Waals surface area contributed by atoms with Crippen molar-refractivity contribution in [2.45, 2.75) is 44.9 Å². The number of Topliss-reactive ketones (excluding diaryl/α,β-unsaturated/α-hetero) is 1. The molecule has 6 nitrogen and oxygen atoms in total. The van der Waals surface area contributed by atoms with Crippen molar-refractivity contribution in [3.63, 3.8) is 0 Å². The maximum Gasteiger partial charge on any atom is 0.331 e. The summed E-state index contributed by atoms with van der Waals surface area (Å²) in [6.45, 7) is 4.89. The van der Waals surface area contributed by atoms with E-state index in [4.69, 9.17) is 11.5 Å². The number of hydrogen-bond donors (Lipinski definition) is 4. The van der Waals surface area contributed by atoms with Gasteiger partial charge < -0.3 is 15.9 Å². The zero-order valence-corrected chi connectivity index (χ0v) is 13.8. The minimum absolute atomic E-state index is 0.329. The first-order valence-corrected chi connectivity index (χ1v) is 7.70. The Morgan fingerprint density at radius 1 is 1.13 bits per heavy atom. The number of nitrogens with two attached hydrogens (primary N) is 2.